The molecule has 0 aliphatic carbocycles. The third-order valence-electron chi connectivity index (χ3n) is 1.80. The van der Waals surface area contributed by atoms with Gasteiger partial charge in [0.1, 0.15) is 18.1 Å². The molecule has 0 amide bonds. The van der Waals surface area contributed by atoms with Gasteiger partial charge in [0.25, 0.3) is 6.47 Å². The topological polar surface area (TPSA) is 35.5 Å². The van der Waals surface area contributed by atoms with Gasteiger partial charge in [-0.15, -0.1) is 0 Å². The summed E-state index contributed by atoms with van der Waals surface area (Å²) in [6, 6.07) is 7.59. The monoisotopic (exact) mass is 176 g/mol. The number of carbonyl (C=O) groups is 1. The second-order valence-electron chi connectivity index (χ2n) is 2.65. The summed E-state index contributed by atoms with van der Waals surface area (Å²) < 4.78 is 10.0. The minimum absolute atomic E-state index is 0.315. The third-order valence-corrected chi connectivity index (χ3v) is 1.80. The fraction of sp³-hybridized carbons (Fsp3) is 0.100. The molecule has 0 aromatic heterocycles. The van der Waals surface area contributed by atoms with E-state index in [0.717, 1.165) is 11.3 Å². The van der Waals surface area contributed by atoms with Gasteiger partial charge in [-0.2, -0.15) is 0 Å². The number of para-hydroxylation sites is 1. The molecule has 0 saturated carbocycles. The smallest absolute Gasteiger partial charge is 0.298 e. The van der Waals surface area contributed by atoms with Crippen LogP contribution in [0, 0.1) is 0 Å². The molecule has 1 aliphatic rings. The van der Waals surface area contributed by atoms with Gasteiger partial charge in [-0.25, -0.2) is 0 Å². The van der Waals surface area contributed by atoms with Crippen LogP contribution in [0.5, 0.6) is 5.75 Å². The van der Waals surface area contributed by atoms with E-state index in [9.17, 15) is 4.79 Å². The number of ether oxygens (including phenoxy) is 2. The van der Waals surface area contributed by atoms with Gasteiger partial charge in [0, 0.05) is 5.56 Å². The molecule has 2 rings (SSSR count). The largest absolute Gasteiger partial charge is 0.485 e. The zero-order valence-electron chi connectivity index (χ0n) is 6.90. The summed E-state index contributed by atoms with van der Waals surface area (Å²) in [6.07, 6.45) is 1.80. The van der Waals surface area contributed by atoms with Crippen LogP contribution < -0.4 is 4.74 Å². The van der Waals surface area contributed by atoms with E-state index in [2.05, 4.69) is 0 Å². The SMILES string of the molecule is O=COC1=Cc2ccccc2OC1. The number of carbonyl (C=O) groups excluding carboxylic acids is 1. The molecule has 3 nitrogen and oxygen atoms in total. The Bertz CT molecular complexity index is 355. The van der Waals surface area contributed by atoms with Gasteiger partial charge in [-0.3, -0.25) is 4.79 Å². The van der Waals surface area contributed by atoms with Crippen molar-refractivity contribution in [1.29, 1.82) is 0 Å². The Morgan fingerprint density at radius 2 is 2.23 bits per heavy atom. The highest BCUT2D eigenvalue weighted by atomic mass is 16.6. The van der Waals surface area contributed by atoms with Crippen molar-refractivity contribution in [1.82, 2.24) is 0 Å². The highest BCUT2D eigenvalue weighted by Gasteiger charge is 2.10. The number of benzene rings is 1. The van der Waals surface area contributed by atoms with Crippen molar-refractivity contribution in [3.05, 3.63) is 35.6 Å². The lowest BCUT2D eigenvalue weighted by molar-refractivity contribution is -0.125. The second-order valence-corrected chi connectivity index (χ2v) is 2.65. The maximum absolute atomic E-state index is 10.1. The van der Waals surface area contributed by atoms with Crippen molar-refractivity contribution in [3.8, 4) is 5.75 Å². The maximum atomic E-state index is 10.1. The molecule has 0 bridgehead atoms. The average Bonchev–Trinajstić information content (AvgIpc) is 2.18. The van der Waals surface area contributed by atoms with Gasteiger partial charge >= 0.3 is 0 Å². The third kappa shape index (κ3) is 1.54. The molecule has 1 heterocycles. The first-order valence-corrected chi connectivity index (χ1v) is 3.93. The molecule has 1 aliphatic heterocycles. The molecule has 1 aromatic carbocycles. The first-order chi connectivity index (χ1) is 6.40. The standard InChI is InChI=1S/C10H8O3/c11-7-13-9-5-8-3-1-2-4-10(8)12-6-9/h1-5,7H,6H2. The lowest BCUT2D eigenvalue weighted by Crippen LogP contribution is -2.08. The van der Waals surface area contributed by atoms with Gasteiger partial charge in [0.15, 0.2) is 0 Å². The van der Waals surface area contributed by atoms with Crippen molar-refractivity contribution in [2.45, 2.75) is 0 Å². The number of fused-ring (bicyclic) bond motifs is 1. The van der Waals surface area contributed by atoms with Crippen molar-refractivity contribution < 1.29 is 14.3 Å². The quantitative estimate of drug-likeness (QED) is 0.642. The molecule has 13 heavy (non-hydrogen) atoms. The highest BCUT2D eigenvalue weighted by Crippen LogP contribution is 2.25. The predicted molar refractivity (Wildman–Crippen MR) is 47.1 cm³/mol. The summed E-state index contributed by atoms with van der Waals surface area (Å²) in [6.45, 7) is 0.721. The fourth-order valence-electron chi connectivity index (χ4n) is 1.23. The van der Waals surface area contributed by atoms with Crippen LogP contribution in [0.2, 0.25) is 0 Å². The number of hydrogen-bond acceptors (Lipinski definition) is 3. The minimum atomic E-state index is 0.315. The summed E-state index contributed by atoms with van der Waals surface area (Å²) in [7, 11) is 0. The van der Waals surface area contributed by atoms with Crippen LogP contribution in [0.4, 0.5) is 0 Å². The Balaban J connectivity index is 2.32. The Hall–Kier alpha value is -1.77. The van der Waals surface area contributed by atoms with Gasteiger partial charge in [0.05, 0.1) is 0 Å². The summed E-state index contributed by atoms with van der Waals surface area (Å²) in [5.74, 6) is 1.36. The van der Waals surface area contributed by atoms with E-state index in [4.69, 9.17) is 9.47 Å². The Kier molecular flexibility index (Phi) is 2.00. The van der Waals surface area contributed by atoms with Gasteiger partial charge in [-0.1, -0.05) is 18.2 Å². The zero-order valence-corrected chi connectivity index (χ0v) is 6.90. The van der Waals surface area contributed by atoms with Crippen molar-refractivity contribution in [2.75, 3.05) is 6.61 Å². The predicted octanol–water partition coefficient (Wildman–Crippen LogP) is 1.59. The van der Waals surface area contributed by atoms with Crippen LogP contribution in [-0.2, 0) is 9.53 Å². The maximum Gasteiger partial charge on any atom is 0.298 e. The van der Waals surface area contributed by atoms with E-state index in [1.165, 1.54) is 0 Å². The van der Waals surface area contributed by atoms with Crippen LogP contribution >= 0.6 is 0 Å². The molecule has 0 unspecified atom stereocenters. The van der Waals surface area contributed by atoms with Crippen LogP contribution in [0.1, 0.15) is 5.56 Å². The van der Waals surface area contributed by atoms with E-state index >= 15 is 0 Å². The molecule has 66 valence electrons. The normalized spacial score (nSPS) is 13.7. The van der Waals surface area contributed by atoms with E-state index in [1.807, 2.05) is 24.3 Å². The van der Waals surface area contributed by atoms with Crippen LogP contribution in [-0.4, -0.2) is 13.1 Å². The Morgan fingerprint density at radius 3 is 3.08 bits per heavy atom. The number of rotatable bonds is 2. The molecular formula is C10H8O3. The highest BCUT2D eigenvalue weighted by molar-refractivity contribution is 5.62. The fourth-order valence-corrected chi connectivity index (χ4v) is 1.23. The first-order valence-electron chi connectivity index (χ1n) is 3.93. The number of hydrogen-bond donors (Lipinski definition) is 0. The minimum Gasteiger partial charge on any atom is -0.485 e. The lowest BCUT2D eigenvalue weighted by atomic mass is 10.1. The van der Waals surface area contributed by atoms with E-state index in [-0.39, 0.29) is 0 Å². The summed E-state index contributed by atoms with van der Waals surface area (Å²) in [5.41, 5.74) is 0.936. The van der Waals surface area contributed by atoms with Crippen LogP contribution in [0.25, 0.3) is 6.08 Å². The molecule has 0 radical (unpaired) electrons. The Morgan fingerprint density at radius 1 is 1.38 bits per heavy atom. The molecule has 0 N–H and O–H groups in total. The van der Waals surface area contributed by atoms with E-state index < -0.39 is 0 Å². The second kappa shape index (κ2) is 3.31. The molecule has 0 saturated heterocycles. The summed E-state index contributed by atoms with van der Waals surface area (Å²) in [4.78, 5) is 10.1. The zero-order chi connectivity index (χ0) is 9.10. The van der Waals surface area contributed by atoms with Gasteiger partial charge in [-0.05, 0) is 12.1 Å². The van der Waals surface area contributed by atoms with Crippen molar-refractivity contribution in [3.63, 3.8) is 0 Å². The van der Waals surface area contributed by atoms with Crippen molar-refractivity contribution in [2.24, 2.45) is 0 Å². The molecule has 0 fully saturated rings. The first kappa shape index (κ1) is 7.86. The lowest BCUT2D eigenvalue weighted by Gasteiger charge is -2.15. The Labute approximate surface area is 75.6 Å². The van der Waals surface area contributed by atoms with Gasteiger partial charge < -0.3 is 9.47 Å². The molecule has 0 spiro atoms. The average molecular weight is 176 g/mol. The van der Waals surface area contributed by atoms with Crippen LogP contribution in [0.15, 0.2) is 30.0 Å². The summed E-state index contributed by atoms with van der Waals surface area (Å²) in [5, 5.41) is 0. The van der Waals surface area contributed by atoms with E-state index in [0.29, 0.717) is 18.8 Å². The summed E-state index contributed by atoms with van der Waals surface area (Å²) >= 11 is 0. The van der Waals surface area contributed by atoms with E-state index in [1.54, 1.807) is 6.08 Å². The van der Waals surface area contributed by atoms with Gasteiger partial charge in [0.2, 0.25) is 0 Å². The molecule has 1 aromatic rings. The van der Waals surface area contributed by atoms with Crippen LogP contribution in [0.3, 0.4) is 0 Å². The van der Waals surface area contributed by atoms with Crippen molar-refractivity contribution >= 4 is 12.5 Å². The molecule has 0 atom stereocenters. The molecule has 3 heteroatoms. The molecular weight excluding hydrogens is 168 g/mol.